The predicted octanol–water partition coefficient (Wildman–Crippen LogP) is 4.69. The van der Waals surface area contributed by atoms with Crippen LogP contribution in [0.2, 0.25) is 0 Å². The highest BCUT2D eigenvalue weighted by Crippen LogP contribution is 2.50. The molecule has 2 aliphatic carbocycles. The smallest absolute Gasteiger partial charge is 0.226 e. The highest BCUT2D eigenvalue weighted by atomic mass is 16.1. The Kier molecular flexibility index (Phi) is 5.35. The fourth-order valence-corrected chi connectivity index (χ4v) is 5.42. The third kappa shape index (κ3) is 3.40. The summed E-state index contributed by atoms with van der Waals surface area (Å²) in [6.45, 7) is 17.7. The number of allylic oxidation sites excluding steroid dienone is 3. The van der Waals surface area contributed by atoms with E-state index in [2.05, 4.69) is 52.5 Å². The van der Waals surface area contributed by atoms with Crippen molar-refractivity contribution in [2.45, 2.75) is 51.9 Å². The van der Waals surface area contributed by atoms with Crippen LogP contribution >= 0.6 is 0 Å². The highest BCUT2D eigenvalue weighted by Gasteiger charge is 2.49. The van der Waals surface area contributed by atoms with Gasteiger partial charge in [-0.05, 0) is 56.2 Å². The molecule has 5 nitrogen and oxygen atoms in total. The van der Waals surface area contributed by atoms with Crippen molar-refractivity contribution in [2.24, 2.45) is 11.8 Å². The summed E-state index contributed by atoms with van der Waals surface area (Å²) in [5, 5.41) is 3.11. The Morgan fingerprint density at radius 1 is 1.45 bits per heavy atom. The molecule has 3 atom stereocenters. The first kappa shape index (κ1) is 21.1. The molecule has 1 N–H and O–H groups in total. The van der Waals surface area contributed by atoms with Crippen LogP contribution in [0.1, 0.15) is 49.5 Å². The molecule has 0 spiro atoms. The van der Waals surface area contributed by atoms with E-state index in [4.69, 9.17) is 11.6 Å². The molecular formula is C26H30N4O. The Morgan fingerprint density at radius 2 is 2.23 bits per heavy atom. The number of Topliss-reactive ketones (excluding diaryl/α,β-unsaturated/α-hetero) is 1. The molecule has 4 rings (SSSR count). The van der Waals surface area contributed by atoms with Gasteiger partial charge >= 0.3 is 0 Å². The van der Waals surface area contributed by atoms with Crippen LogP contribution < -0.4 is 5.32 Å². The van der Waals surface area contributed by atoms with Crippen LogP contribution in [0.4, 0.5) is 0 Å². The van der Waals surface area contributed by atoms with Crippen LogP contribution in [-0.2, 0) is 23.1 Å². The van der Waals surface area contributed by atoms with Gasteiger partial charge in [0.2, 0.25) is 5.70 Å². The van der Waals surface area contributed by atoms with E-state index in [1.165, 1.54) is 11.3 Å². The fraction of sp³-hybridized carbons (Fsp3) is 0.423. The minimum Gasteiger partial charge on any atom is -0.392 e. The molecule has 0 bridgehead atoms. The first-order valence-corrected chi connectivity index (χ1v) is 11.0. The molecule has 1 aromatic carbocycles. The number of imidazole rings is 1. The van der Waals surface area contributed by atoms with Gasteiger partial charge in [-0.2, -0.15) is 0 Å². The summed E-state index contributed by atoms with van der Waals surface area (Å²) in [5.74, 6) is 0.958. The first-order valence-electron chi connectivity index (χ1n) is 11.0. The summed E-state index contributed by atoms with van der Waals surface area (Å²) >= 11 is 0. The maximum absolute atomic E-state index is 12.6. The van der Waals surface area contributed by atoms with Gasteiger partial charge in [-0.25, -0.2) is 9.83 Å². The van der Waals surface area contributed by atoms with Crippen molar-refractivity contribution in [1.29, 1.82) is 0 Å². The lowest BCUT2D eigenvalue weighted by Gasteiger charge is -2.44. The van der Waals surface area contributed by atoms with Crippen molar-refractivity contribution < 1.29 is 4.79 Å². The molecule has 2 aliphatic rings. The second-order valence-corrected chi connectivity index (χ2v) is 9.04. The molecule has 160 valence electrons. The summed E-state index contributed by atoms with van der Waals surface area (Å²) in [6.07, 6.45) is 5.53. The monoisotopic (exact) mass is 414 g/mol. The van der Waals surface area contributed by atoms with Crippen LogP contribution in [0, 0.1) is 25.3 Å². The molecule has 0 saturated heterocycles. The van der Waals surface area contributed by atoms with Crippen LogP contribution in [0.3, 0.4) is 0 Å². The lowest BCUT2D eigenvalue weighted by Crippen LogP contribution is -2.45. The zero-order chi connectivity index (χ0) is 22.3. The molecule has 5 heteroatoms. The van der Waals surface area contributed by atoms with Gasteiger partial charge in [0.05, 0.1) is 12.3 Å². The maximum Gasteiger partial charge on any atom is 0.226 e. The van der Waals surface area contributed by atoms with E-state index in [1.807, 2.05) is 27.0 Å². The standard InChI is InChI=1S/C26H30N4O/c1-16(27-5)10-11-19-8-7-9-20(14-19)30-18(3)29-25-23(30)13-12-21-17(2)24(31)22(28-6)15-26(21,25)4/h7-9,14-15,17,21,27H,1,10-13H2,2-5H3/t17-,21-,26-/m0/s1. The number of hydrogen-bond donors (Lipinski definition) is 1. The van der Waals surface area contributed by atoms with Crippen molar-refractivity contribution in [3.8, 4) is 5.69 Å². The van der Waals surface area contributed by atoms with Crippen LogP contribution in [0.5, 0.6) is 0 Å². The zero-order valence-electron chi connectivity index (χ0n) is 18.8. The van der Waals surface area contributed by atoms with Crippen molar-refractivity contribution in [2.75, 3.05) is 7.05 Å². The van der Waals surface area contributed by atoms with Gasteiger partial charge in [0.25, 0.3) is 0 Å². The minimum absolute atomic E-state index is 0.0204. The summed E-state index contributed by atoms with van der Waals surface area (Å²) in [7, 11) is 1.90. The van der Waals surface area contributed by atoms with Gasteiger partial charge in [0, 0.05) is 35.5 Å². The first-order chi connectivity index (χ1) is 14.8. The van der Waals surface area contributed by atoms with E-state index in [9.17, 15) is 4.79 Å². The molecule has 1 heterocycles. The normalized spacial score (nSPS) is 24.6. The number of fused-ring (bicyclic) bond motifs is 3. The number of aryl methyl sites for hydroxylation is 2. The van der Waals surface area contributed by atoms with Crippen molar-refractivity contribution >= 4 is 5.78 Å². The lowest BCUT2D eigenvalue weighted by atomic mass is 9.59. The molecular weight excluding hydrogens is 384 g/mol. The van der Waals surface area contributed by atoms with E-state index in [0.717, 1.165) is 48.6 Å². The van der Waals surface area contributed by atoms with Crippen molar-refractivity contribution in [3.63, 3.8) is 0 Å². The third-order valence-electron chi connectivity index (χ3n) is 7.18. The van der Waals surface area contributed by atoms with Gasteiger partial charge in [0.15, 0.2) is 5.78 Å². The van der Waals surface area contributed by atoms with Gasteiger partial charge in [-0.15, -0.1) is 0 Å². The van der Waals surface area contributed by atoms with E-state index < -0.39 is 0 Å². The fourth-order valence-electron chi connectivity index (χ4n) is 5.42. The van der Waals surface area contributed by atoms with E-state index in [0.29, 0.717) is 0 Å². The van der Waals surface area contributed by atoms with Crippen LogP contribution in [-0.4, -0.2) is 22.4 Å². The average Bonchev–Trinajstić information content (AvgIpc) is 3.12. The SMILES string of the molecule is [C-]#[N+]C1=C[C@]2(C)c3nc(C)n(-c4cccc(CCC(=C)NC)c4)c3CC[C@H]2[C@H](C)C1=O. The Bertz CT molecular complexity index is 1130. The number of nitrogens with one attached hydrogen (secondary N) is 1. The Balaban J connectivity index is 1.77. The number of ketones is 1. The van der Waals surface area contributed by atoms with Crippen molar-refractivity contribution in [3.05, 3.63) is 82.5 Å². The summed E-state index contributed by atoms with van der Waals surface area (Å²) in [4.78, 5) is 21.2. The summed E-state index contributed by atoms with van der Waals surface area (Å²) in [6, 6.07) is 8.62. The van der Waals surface area contributed by atoms with Gasteiger partial charge in [0.1, 0.15) is 5.82 Å². The number of rotatable bonds is 5. The molecule has 0 unspecified atom stereocenters. The van der Waals surface area contributed by atoms with Gasteiger partial charge in [-0.1, -0.05) is 38.6 Å². The lowest BCUT2D eigenvalue weighted by molar-refractivity contribution is -0.121. The van der Waals surface area contributed by atoms with Gasteiger partial charge in [-0.3, -0.25) is 0 Å². The molecule has 0 aliphatic heterocycles. The molecule has 31 heavy (non-hydrogen) atoms. The van der Waals surface area contributed by atoms with Crippen LogP contribution in [0.15, 0.2) is 48.3 Å². The second kappa shape index (κ2) is 7.85. The molecule has 1 aromatic heterocycles. The number of benzene rings is 1. The average molecular weight is 415 g/mol. The highest BCUT2D eigenvalue weighted by molar-refractivity contribution is 6.00. The number of carbonyl (C=O) groups is 1. The molecule has 0 amide bonds. The van der Waals surface area contributed by atoms with E-state index in [-0.39, 0.29) is 28.7 Å². The summed E-state index contributed by atoms with van der Waals surface area (Å²) < 4.78 is 2.26. The molecule has 0 fully saturated rings. The Labute approximate surface area is 184 Å². The zero-order valence-corrected chi connectivity index (χ0v) is 18.8. The van der Waals surface area contributed by atoms with Crippen LogP contribution in [0.25, 0.3) is 10.5 Å². The maximum atomic E-state index is 12.6. The predicted molar refractivity (Wildman–Crippen MR) is 123 cm³/mol. The van der Waals surface area contributed by atoms with Gasteiger partial charge < -0.3 is 14.7 Å². The topological polar surface area (TPSA) is 51.3 Å². The molecule has 0 radical (unpaired) electrons. The number of hydrogen-bond acceptors (Lipinski definition) is 3. The summed E-state index contributed by atoms with van der Waals surface area (Å²) in [5.41, 5.74) is 5.52. The van der Waals surface area contributed by atoms with E-state index in [1.54, 1.807) is 0 Å². The second-order valence-electron chi connectivity index (χ2n) is 9.04. The molecule has 0 saturated carbocycles. The Hall–Kier alpha value is -3.13. The number of carbonyl (C=O) groups excluding carboxylic acids is 1. The Morgan fingerprint density at radius 3 is 2.94 bits per heavy atom. The minimum atomic E-state index is -0.390. The van der Waals surface area contributed by atoms with E-state index >= 15 is 0 Å². The molecule has 2 aromatic rings. The number of nitrogens with zero attached hydrogens (tertiary/aromatic N) is 3. The largest absolute Gasteiger partial charge is 0.392 e. The van der Waals surface area contributed by atoms with Crippen molar-refractivity contribution in [1.82, 2.24) is 14.9 Å². The third-order valence-corrected chi connectivity index (χ3v) is 7.18. The number of aromatic nitrogens is 2. The quantitative estimate of drug-likeness (QED) is 0.722.